The maximum absolute atomic E-state index is 13.0. The molecule has 1 aromatic carbocycles. The minimum absolute atomic E-state index is 0.106. The zero-order chi connectivity index (χ0) is 15.0. The number of halogens is 1. The summed E-state index contributed by atoms with van der Waals surface area (Å²) in [5, 5.41) is 16.7. The van der Waals surface area contributed by atoms with Gasteiger partial charge in [-0.15, -0.1) is 0 Å². The third kappa shape index (κ3) is 2.69. The maximum atomic E-state index is 13.0. The molecule has 1 saturated heterocycles. The Bertz CT molecular complexity index is 624. The van der Waals surface area contributed by atoms with E-state index in [-0.39, 0.29) is 18.0 Å². The van der Waals surface area contributed by atoms with E-state index in [1.807, 2.05) is 13.8 Å². The van der Waals surface area contributed by atoms with Crippen LogP contribution in [0, 0.1) is 5.82 Å². The first-order valence-electron chi connectivity index (χ1n) is 6.98. The largest absolute Gasteiger partial charge is 0.392 e. The molecule has 1 fully saturated rings. The molecule has 0 bridgehead atoms. The van der Waals surface area contributed by atoms with Gasteiger partial charge in [-0.2, -0.15) is 4.98 Å². The number of hydrogen-bond acceptors (Lipinski definition) is 5. The van der Waals surface area contributed by atoms with E-state index >= 15 is 0 Å². The van der Waals surface area contributed by atoms with Gasteiger partial charge in [0.05, 0.1) is 17.6 Å². The molecular formula is C15H18FN3O2. The van der Waals surface area contributed by atoms with Crippen molar-refractivity contribution in [3.05, 3.63) is 47.4 Å². The van der Waals surface area contributed by atoms with E-state index < -0.39 is 5.41 Å². The Morgan fingerprint density at radius 2 is 2.05 bits per heavy atom. The molecule has 6 heteroatoms. The number of aliphatic hydroxyl groups excluding tert-OH is 1. The lowest BCUT2D eigenvalue weighted by Gasteiger charge is -2.20. The highest BCUT2D eigenvalue weighted by Gasteiger charge is 2.33. The van der Waals surface area contributed by atoms with Crippen LogP contribution in [0.25, 0.3) is 0 Å². The first-order chi connectivity index (χ1) is 9.96. The second-order valence-corrected chi connectivity index (χ2v) is 5.94. The van der Waals surface area contributed by atoms with Gasteiger partial charge in [0.1, 0.15) is 5.82 Å². The third-order valence-electron chi connectivity index (χ3n) is 3.97. The summed E-state index contributed by atoms with van der Waals surface area (Å²) < 4.78 is 18.4. The van der Waals surface area contributed by atoms with Crippen LogP contribution in [0.4, 0.5) is 4.39 Å². The van der Waals surface area contributed by atoms with Crippen LogP contribution < -0.4 is 5.32 Å². The maximum Gasteiger partial charge on any atom is 0.243 e. The van der Waals surface area contributed by atoms with E-state index in [0.717, 1.165) is 5.56 Å². The van der Waals surface area contributed by atoms with Crippen molar-refractivity contribution in [3.8, 4) is 0 Å². The predicted molar refractivity (Wildman–Crippen MR) is 74.2 cm³/mol. The van der Waals surface area contributed by atoms with E-state index in [4.69, 9.17) is 4.52 Å². The molecule has 0 aliphatic carbocycles. The molecule has 0 saturated carbocycles. The Balaban J connectivity index is 1.86. The highest BCUT2D eigenvalue weighted by Crippen LogP contribution is 2.31. The molecule has 2 N–H and O–H groups in total. The first kappa shape index (κ1) is 14.2. The van der Waals surface area contributed by atoms with Gasteiger partial charge in [0, 0.05) is 6.54 Å². The number of benzene rings is 1. The van der Waals surface area contributed by atoms with Crippen LogP contribution in [0.5, 0.6) is 0 Å². The summed E-state index contributed by atoms with van der Waals surface area (Å²) in [5.74, 6) is 0.761. The second kappa shape index (κ2) is 5.20. The van der Waals surface area contributed by atoms with Gasteiger partial charge in [0.15, 0.2) is 5.82 Å². The molecule has 0 amide bonds. The SMILES string of the molecule is CC(C)(c1ccc(F)cc1)c1noc([C@H]2C[C@H](O)CN2)n1. The molecule has 5 nitrogen and oxygen atoms in total. The molecule has 112 valence electrons. The molecule has 3 rings (SSSR count). The fourth-order valence-electron chi connectivity index (χ4n) is 2.53. The molecule has 2 aromatic rings. The van der Waals surface area contributed by atoms with Gasteiger partial charge >= 0.3 is 0 Å². The van der Waals surface area contributed by atoms with E-state index in [2.05, 4.69) is 15.5 Å². The Morgan fingerprint density at radius 3 is 2.67 bits per heavy atom. The lowest BCUT2D eigenvalue weighted by Crippen LogP contribution is -2.21. The van der Waals surface area contributed by atoms with Gasteiger partial charge in [-0.1, -0.05) is 17.3 Å². The van der Waals surface area contributed by atoms with Crippen LogP contribution in [0.15, 0.2) is 28.8 Å². The number of nitrogens with zero attached hydrogens (tertiary/aromatic N) is 2. The average molecular weight is 291 g/mol. The second-order valence-electron chi connectivity index (χ2n) is 5.94. The first-order valence-corrected chi connectivity index (χ1v) is 6.98. The zero-order valence-electron chi connectivity index (χ0n) is 12.0. The van der Waals surface area contributed by atoms with Crippen molar-refractivity contribution in [2.45, 2.75) is 37.8 Å². The van der Waals surface area contributed by atoms with E-state index in [1.54, 1.807) is 12.1 Å². The zero-order valence-corrected chi connectivity index (χ0v) is 12.0. The Kier molecular flexibility index (Phi) is 3.51. The van der Waals surface area contributed by atoms with Gasteiger partial charge in [0.2, 0.25) is 5.89 Å². The minimum Gasteiger partial charge on any atom is -0.392 e. The molecule has 1 aromatic heterocycles. The minimum atomic E-state index is -0.479. The smallest absolute Gasteiger partial charge is 0.243 e. The van der Waals surface area contributed by atoms with E-state index in [9.17, 15) is 9.50 Å². The summed E-state index contributed by atoms with van der Waals surface area (Å²) in [6, 6.07) is 6.19. The van der Waals surface area contributed by atoms with Gasteiger partial charge in [-0.25, -0.2) is 4.39 Å². The molecular weight excluding hydrogens is 273 g/mol. The molecule has 2 heterocycles. The molecule has 2 atom stereocenters. The summed E-state index contributed by atoms with van der Waals surface area (Å²) in [5.41, 5.74) is 0.433. The summed E-state index contributed by atoms with van der Waals surface area (Å²) in [6.45, 7) is 4.46. The van der Waals surface area contributed by atoms with E-state index in [0.29, 0.717) is 24.7 Å². The summed E-state index contributed by atoms with van der Waals surface area (Å²) >= 11 is 0. The number of hydrogen-bond donors (Lipinski definition) is 2. The predicted octanol–water partition coefficient (Wildman–Crippen LogP) is 1.93. The fraction of sp³-hybridized carbons (Fsp3) is 0.467. The molecule has 21 heavy (non-hydrogen) atoms. The van der Waals surface area contributed by atoms with Crippen LogP contribution in [0.3, 0.4) is 0 Å². The highest BCUT2D eigenvalue weighted by atomic mass is 19.1. The quantitative estimate of drug-likeness (QED) is 0.904. The molecule has 0 radical (unpaired) electrons. The molecule has 0 unspecified atom stereocenters. The standard InChI is InChI=1S/C15H18FN3O2/c1-15(2,9-3-5-10(16)6-4-9)14-18-13(21-19-14)12-7-11(20)8-17-12/h3-6,11-12,17,20H,7-8H2,1-2H3/t11-,12+/m0/s1. The molecule has 0 spiro atoms. The van der Waals surface area contributed by atoms with Crippen molar-refractivity contribution in [3.63, 3.8) is 0 Å². The van der Waals surface area contributed by atoms with Crippen molar-refractivity contribution in [1.82, 2.24) is 15.5 Å². The van der Waals surface area contributed by atoms with E-state index in [1.165, 1.54) is 12.1 Å². The van der Waals surface area contributed by atoms with Crippen molar-refractivity contribution >= 4 is 0 Å². The van der Waals surface area contributed by atoms with Crippen LogP contribution >= 0.6 is 0 Å². The van der Waals surface area contributed by atoms with Crippen molar-refractivity contribution in [1.29, 1.82) is 0 Å². The van der Waals surface area contributed by atoms with Crippen LogP contribution in [-0.4, -0.2) is 27.9 Å². The normalized spacial score (nSPS) is 22.7. The molecule has 1 aliphatic heterocycles. The van der Waals surface area contributed by atoms with Crippen LogP contribution in [0.2, 0.25) is 0 Å². The Labute approximate surface area is 122 Å². The highest BCUT2D eigenvalue weighted by molar-refractivity contribution is 5.30. The van der Waals surface area contributed by atoms with Gasteiger partial charge in [-0.05, 0) is 38.0 Å². The summed E-state index contributed by atoms with van der Waals surface area (Å²) in [7, 11) is 0. The lowest BCUT2D eigenvalue weighted by molar-refractivity contribution is 0.191. The fourth-order valence-corrected chi connectivity index (χ4v) is 2.53. The number of β-amino-alcohol motifs (C(OH)–C–C–N with tert-alkyl or cyclic N) is 1. The van der Waals surface area contributed by atoms with Gasteiger partial charge in [-0.3, -0.25) is 0 Å². The summed E-state index contributed by atoms with van der Waals surface area (Å²) in [6.07, 6.45) is 0.189. The van der Waals surface area contributed by atoms with Crippen LogP contribution in [-0.2, 0) is 5.41 Å². The monoisotopic (exact) mass is 291 g/mol. The third-order valence-corrected chi connectivity index (χ3v) is 3.97. The van der Waals surface area contributed by atoms with Crippen LogP contribution in [0.1, 0.15) is 43.6 Å². The summed E-state index contributed by atoms with van der Waals surface area (Å²) in [4.78, 5) is 4.45. The topological polar surface area (TPSA) is 71.2 Å². The van der Waals surface area contributed by atoms with Crippen molar-refractivity contribution in [2.24, 2.45) is 0 Å². The number of aromatic nitrogens is 2. The van der Waals surface area contributed by atoms with Gasteiger partial charge < -0.3 is 14.9 Å². The number of nitrogens with one attached hydrogen (secondary N) is 1. The Morgan fingerprint density at radius 1 is 1.33 bits per heavy atom. The van der Waals surface area contributed by atoms with Crippen molar-refractivity contribution in [2.75, 3.05) is 6.54 Å². The van der Waals surface area contributed by atoms with Crippen molar-refractivity contribution < 1.29 is 14.0 Å². The number of aliphatic hydroxyl groups is 1. The lowest BCUT2D eigenvalue weighted by atomic mass is 9.84. The molecule has 1 aliphatic rings. The van der Waals surface area contributed by atoms with Gasteiger partial charge in [0.25, 0.3) is 0 Å². The average Bonchev–Trinajstić information content (AvgIpc) is 3.08. The number of rotatable bonds is 3. The Hall–Kier alpha value is -1.79.